The summed E-state index contributed by atoms with van der Waals surface area (Å²) in [6.07, 6.45) is 6.04. The van der Waals surface area contributed by atoms with Gasteiger partial charge in [0.25, 0.3) is 0 Å². The van der Waals surface area contributed by atoms with Crippen molar-refractivity contribution in [2.75, 3.05) is 0 Å². The van der Waals surface area contributed by atoms with E-state index in [9.17, 15) is 0 Å². The first-order valence-corrected chi connectivity index (χ1v) is 9.49. The molecule has 20 heavy (non-hydrogen) atoms. The van der Waals surface area contributed by atoms with E-state index in [0.29, 0.717) is 6.42 Å². The molecular weight excluding hydrogens is 266 g/mol. The summed E-state index contributed by atoms with van der Waals surface area (Å²) in [6.45, 7) is 6.22. The van der Waals surface area contributed by atoms with Crippen molar-refractivity contribution in [1.29, 1.82) is 0 Å². The van der Waals surface area contributed by atoms with Crippen molar-refractivity contribution in [2.24, 2.45) is 4.99 Å². The Balaban J connectivity index is 2.08. The summed E-state index contributed by atoms with van der Waals surface area (Å²) in [4.78, 5) is 13.0. The average Bonchev–Trinajstić information content (AvgIpc) is 2.40. The minimum absolute atomic E-state index is 0.669. The zero-order valence-electron chi connectivity index (χ0n) is 12.1. The first-order valence-electron chi connectivity index (χ1n) is 6.71. The van der Waals surface area contributed by atoms with Crippen molar-refractivity contribution in [1.82, 2.24) is 9.97 Å². The molecule has 5 heteroatoms. The van der Waals surface area contributed by atoms with E-state index in [0.717, 1.165) is 22.8 Å². The highest BCUT2D eigenvalue weighted by molar-refractivity contribution is 6.49. The van der Waals surface area contributed by atoms with E-state index in [4.69, 9.17) is 4.43 Å². The topological polar surface area (TPSA) is 47.4 Å². The summed E-state index contributed by atoms with van der Waals surface area (Å²) in [7, 11) is -1.12. The lowest BCUT2D eigenvalue weighted by molar-refractivity contribution is 0.582. The van der Waals surface area contributed by atoms with Crippen LogP contribution in [0.1, 0.15) is 11.4 Å². The molecular formula is C15H19N3OSi. The molecule has 0 N–H and O–H groups in total. The van der Waals surface area contributed by atoms with Crippen molar-refractivity contribution in [3.63, 3.8) is 0 Å². The number of rotatable bonds is 5. The normalized spacial score (nSPS) is 11.2. The molecule has 0 amide bonds. The second-order valence-corrected chi connectivity index (χ2v) is 7.14. The highest BCUT2D eigenvalue weighted by Crippen LogP contribution is 2.26. The molecule has 0 aliphatic carbocycles. The van der Waals surface area contributed by atoms with E-state index in [1.807, 2.05) is 37.4 Å². The zero-order chi connectivity index (χ0) is 14.4. The second kappa shape index (κ2) is 6.95. The van der Waals surface area contributed by atoms with Crippen LogP contribution < -0.4 is 4.43 Å². The molecule has 2 rings (SSSR count). The number of nitrogens with zero attached hydrogens (tertiary/aromatic N) is 3. The number of hydrogen-bond donors (Lipinski definition) is 0. The van der Waals surface area contributed by atoms with Gasteiger partial charge in [0.2, 0.25) is 9.04 Å². The van der Waals surface area contributed by atoms with Crippen LogP contribution >= 0.6 is 0 Å². The molecule has 2 aromatic rings. The minimum atomic E-state index is -1.12. The molecule has 1 aromatic heterocycles. The van der Waals surface area contributed by atoms with Gasteiger partial charge in [-0.1, -0.05) is 12.1 Å². The van der Waals surface area contributed by atoms with Gasteiger partial charge in [0.1, 0.15) is 11.4 Å². The first-order chi connectivity index (χ1) is 9.65. The molecule has 104 valence electrons. The maximum atomic E-state index is 5.86. The van der Waals surface area contributed by atoms with Gasteiger partial charge in [-0.05, 0) is 32.2 Å². The summed E-state index contributed by atoms with van der Waals surface area (Å²) < 4.78 is 5.86. The van der Waals surface area contributed by atoms with Gasteiger partial charge < -0.3 is 4.43 Å². The third-order valence-electron chi connectivity index (χ3n) is 2.56. The zero-order valence-corrected chi connectivity index (χ0v) is 13.2. The monoisotopic (exact) mass is 285 g/mol. The van der Waals surface area contributed by atoms with Crippen LogP contribution in [-0.2, 0) is 6.42 Å². The maximum absolute atomic E-state index is 5.86. The highest BCUT2D eigenvalue weighted by atomic mass is 28.3. The molecule has 0 spiro atoms. The summed E-state index contributed by atoms with van der Waals surface area (Å²) in [5.41, 5.74) is 2.71. The van der Waals surface area contributed by atoms with Crippen molar-refractivity contribution < 1.29 is 4.43 Å². The molecule has 0 atom stereocenters. The molecule has 0 aliphatic heterocycles. The Labute approximate surface area is 121 Å². The number of hydrogen-bond acceptors (Lipinski definition) is 4. The lowest BCUT2D eigenvalue weighted by atomic mass is 10.3. The van der Waals surface area contributed by atoms with Crippen molar-refractivity contribution in [3.8, 4) is 5.75 Å². The largest absolute Gasteiger partial charge is 0.546 e. The van der Waals surface area contributed by atoms with Crippen LogP contribution in [0.25, 0.3) is 0 Å². The Morgan fingerprint density at radius 2 is 2.05 bits per heavy atom. The van der Waals surface area contributed by atoms with Crippen LogP contribution in [0.5, 0.6) is 5.75 Å². The molecule has 1 aromatic carbocycles. The first kappa shape index (κ1) is 14.4. The summed E-state index contributed by atoms with van der Waals surface area (Å²) >= 11 is 0. The Kier molecular flexibility index (Phi) is 5.01. The molecule has 0 radical (unpaired) electrons. The van der Waals surface area contributed by atoms with E-state index in [1.54, 1.807) is 12.4 Å². The predicted molar refractivity (Wildman–Crippen MR) is 84.6 cm³/mol. The van der Waals surface area contributed by atoms with E-state index >= 15 is 0 Å². The van der Waals surface area contributed by atoms with Gasteiger partial charge in [-0.25, -0.2) is 0 Å². The van der Waals surface area contributed by atoms with Crippen LogP contribution in [0.15, 0.2) is 41.7 Å². The van der Waals surface area contributed by atoms with E-state index < -0.39 is 9.04 Å². The van der Waals surface area contributed by atoms with Gasteiger partial charge in [-0.2, -0.15) is 0 Å². The van der Waals surface area contributed by atoms with Crippen LogP contribution in [0.3, 0.4) is 0 Å². The number of benzene rings is 1. The molecule has 0 bridgehead atoms. The van der Waals surface area contributed by atoms with Crippen LogP contribution in [0, 0.1) is 6.92 Å². The maximum Gasteiger partial charge on any atom is 0.229 e. The van der Waals surface area contributed by atoms with Crippen LogP contribution in [-0.4, -0.2) is 25.2 Å². The molecule has 4 nitrogen and oxygen atoms in total. The van der Waals surface area contributed by atoms with Crippen molar-refractivity contribution in [2.45, 2.75) is 26.4 Å². The lowest BCUT2D eigenvalue weighted by Crippen LogP contribution is -2.11. The van der Waals surface area contributed by atoms with Crippen molar-refractivity contribution >= 4 is 20.9 Å². The molecule has 1 heterocycles. The van der Waals surface area contributed by atoms with Gasteiger partial charge in [0.05, 0.1) is 11.4 Å². The number of aryl methyl sites for hydroxylation is 1. The molecule has 0 fully saturated rings. The second-order valence-electron chi connectivity index (χ2n) is 4.80. The fourth-order valence-electron chi connectivity index (χ4n) is 1.77. The summed E-state index contributed by atoms with van der Waals surface area (Å²) in [5, 5.41) is 0. The third-order valence-corrected chi connectivity index (χ3v) is 3.29. The fourth-order valence-corrected chi connectivity index (χ4v) is 2.48. The van der Waals surface area contributed by atoms with Gasteiger partial charge in [-0.15, -0.1) is 0 Å². The average molecular weight is 285 g/mol. The lowest BCUT2D eigenvalue weighted by Gasteiger charge is -2.11. The van der Waals surface area contributed by atoms with Gasteiger partial charge in [-0.3, -0.25) is 15.0 Å². The Morgan fingerprint density at radius 3 is 2.80 bits per heavy atom. The fraction of sp³-hybridized carbons (Fsp3) is 0.267. The Morgan fingerprint density at radius 1 is 1.25 bits per heavy atom. The van der Waals surface area contributed by atoms with Crippen LogP contribution in [0.2, 0.25) is 13.1 Å². The standard InChI is InChI=1S/C15H19N3OSi/c1-12-10-16-11-13(18-12)8-9-17-14-6-4-5-7-15(14)19-20(2)3/h4-7,9-11,20H,8H2,1-3H3. The number of aromatic nitrogens is 2. The number of para-hydroxylation sites is 2. The van der Waals surface area contributed by atoms with E-state index in [1.165, 1.54) is 0 Å². The highest BCUT2D eigenvalue weighted by Gasteiger charge is 2.03. The predicted octanol–water partition coefficient (Wildman–Crippen LogP) is 3.09. The smallest absolute Gasteiger partial charge is 0.229 e. The summed E-state index contributed by atoms with van der Waals surface area (Å²) in [6, 6.07) is 7.86. The third kappa shape index (κ3) is 4.27. The summed E-state index contributed by atoms with van der Waals surface area (Å²) in [5.74, 6) is 0.862. The number of aliphatic imine (C=N–C) groups is 1. The van der Waals surface area contributed by atoms with E-state index in [-0.39, 0.29) is 0 Å². The molecule has 0 aliphatic rings. The SMILES string of the molecule is Cc1cncc(CC=Nc2ccccc2O[SiH](C)C)n1. The van der Waals surface area contributed by atoms with Crippen LogP contribution in [0.4, 0.5) is 5.69 Å². The quantitative estimate of drug-likeness (QED) is 0.626. The Hall–Kier alpha value is -2.01. The molecule has 0 saturated carbocycles. The molecule has 0 saturated heterocycles. The van der Waals surface area contributed by atoms with Gasteiger partial charge >= 0.3 is 0 Å². The Bertz CT molecular complexity index is 599. The minimum Gasteiger partial charge on any atom is -0.546 e. The van der Waals surface area contributed by atoms with Gasteiger partial charge in [0, 0.05) is 25.0 Å². The van der Waals surface area contributed by atoms with Gasteiger partial charge in [0.15, 0.2) is 0 Å². The van der Waals surface area contributed by atoms with E-state index in [2.05, 4.69) is 28.1 Å². The van der Waals surface area contributed by atoms with Crippen molar-refractivity contribution in [3.05, 3.63) is 48.0 Å². The molecule has 0 unspecified atom stereocenters.